The van der Waals surface area contributed by atoms with Crippen molar-refractivity contribution in [1.82, 2.24) is 5.32 Å². The summed E-state index contributed by atoms with van der Waals surface area (Å²) in [5.41, 5.74) is 2.68. The van der Waals surface area contributed by atoms with Gasteiger partial charge in [-0.3, -0.25) is 0 Å². The van der Waals surface area contributed by atoms with E-state index in [9.17, 15) is 0 Å². The van der Waals surface area contributed by atoms with Crippen LogP contribution in [0.2, 0.25) is 0 Å². The molecule has 0 aliphatic carbocycles. The van der Waals surface area contributed by atoms with Crippen LogP contribution < -0.4 is 10.1 Å². The first-order valence-electron chi connectivity index (χ1n) is 6.90. The molecular weight excluding hydrogens is 234 g/mol. The summed E-state index contributed by atoms with van der Waals surface area (Å²) in [5, 5.41) is 3.56. The fourth-order valence-corrected chi connectivity index (χ4v) is 2.61. The molecule has 1 aliphatic rings. The first-order chi connectivity index (χ1) is 9.43. The molecule has 0 bridgehead atoms. The van der Waals surface area contributed by atoms with E-state index >= 15 is 0 Å². The molecule has 0 saturated heterocycles. The zero-order valence-corrected chi connectivity index (χ0v) is 11.0. The lowest BCUT2D eigenvalue weighted by atomic mass is 9.93. The van der Waals surface area contributed by atoms with E-state index in [0.29, 0.717) is 5.92 Å². The highest BCUT2D eigenvalue weighted by molar-refractivity contribution is 5.37. The van der Waals surface area contributed by atoms with Crippen molar-refractivity contribution in [1.29, 1.82) is 0 Å². The Morgan fingerprint density at radius 1 is 1.00 bits per heavy atom. The Kier molecular flexibility index (Phi) is 3.80. The van der Waals surface area contributed by atoms with E-state index in [1.807, 2.05) is 6.07 Å². The molecule has 98 valence electrons. The Morgan fingerprint density at radius 3 is 2.68 bits per heavy atom. The quantitative estimate of drug-likeness (QED) is 0.902. The topological polar surface area (TPSA) is 21.3 Å². The zero-order valence-electron chi connectivity index (χ0n) is 11.0. The first kappa shape index (κ1) is 12.2. The third kappa shape index (κ3) is 2.96. The van der Waals surface area contributed by atoms with Crippen molar-refractivity contribution in [2.75, 3.05) is 13.2 Å². The molecule has 0 fully saturated rings. The van der Waals surface area contributed by atoms with Gasteiger partial charge in [-0.2, -0.15) is 0 Å². The number of benzene rings is 2. The summed E-state index contributed by atoms with van der Waals surface area (Å²) < 4.78 is 5.69. The second kappa shape index (κ2) is 5.89. The van der Waals surface area contributed by atoms with Crippen LogP contribution in [0.3, 0.4) is 0 Å². The van der Waals surface area contributed by atoms with Gasteiger partial charge in [0.2, 0.25) is 0 Å². The standard InChI is InChI=1S/C17H19NO/c1-2-6-14(7-3-1)12-18-13-15-10-11-19-17-9-5-4-8-16(15)17/h1-9,15,18H,10-13H2/t15-/m1/s1. The number of fused-ring (bicyclic) bond motifs is 1. The van der Waals surface area contributed by atoms with Crippen molar-refractivity contribution >= 4 is 0 Å². The van der Waals surface area contributed by atoms with Gasteiger partial charge in [-0.05, 0) is 23.6 Å². The average molecular weight is 253 g/mol. The summed E-state index contributed by atoms with van der Waals surface area (Å²) in [5.74, 6) is 1.62. The molecular formula is C17H19NO. The van der Waals surface area contributed by atoms with Gasteiger partial charge >= 0.3 is 0 Å². The summed E-state index contributed by atoms with van der Waals surface area (Å²) in [7, 11) is 0. The largest absolute Gasteiger partial charge is 0.493 e. The second-order valence-electron chi connectivity index (χ2n) is 4.99. The molecule has 0 saturated carbocycles. The Hall–Kier alpha value is -1.80. The fraction of sp³-hybridized carbons (Fsp3) is 0.294. The second-order valence-corrected chi connectivity index (χ2v) is 4.99. The fourth-order valence-electron chi connectivity index (χ4n) is 2.61. The van der Waals surface area contributed by atoms with Crippen molar-refractivity contribution in [3.05, 3.63) is 65.7 Å². The Labute approximate surface area is 114 Å². The Bertz CT molecular complexity index is 524. The van der Waals surface area contributed by atoms with E-state index in [0.717, 1.165) is 31.9 Å². The van der Waals surface area contributed by atoms with Gasteiger partial charge in [-0.15, -0.1) is 0 Å². The lowest BCUT2D eigenvalue weighted by Gasteiger charge is -2.26. The van der Waals surface area contributed by atoms with Crippen molar-refractivity contribution in [3.8, 4) is 5.75 Å². The summed E-state index contributed by atoms with van der Waals surface area (Å²) in [4.78, 5) is 0. The molecule has 0 aromatic heterocycles. The van der Waals surface area contributed by atoms with Gasteiger partial charge < -0.3 is 10.1 Å². The van der Waals surface area contributed by atoms with E-state index in [1.54, 1.807) is 0 Å². The summed E-state index contributed by atoms with van der Waals surface area (Å²) >= 11 is 0. The molecule has 2 aromatic carbocycles. The molecule has 1 aliphatic heterocycles. The monoisotopic (exact) mass is 253 g/mol. The summed E-state index contributed by atoms with van der Waals surface area (Å²) in [6.45, 7) is 2.77. The Balaban J connectivity index is 1.59. The smallest absolute Gasteiger partial charge is 0.122 e. The molecule has 0 spiro atoms. The lowest BCUT2D eigenvalue weighted by Crippen LogP contribution is -2.25. The van der Waals surface area contributed by atoms with Crippen LogP contribution in [0, 0.1) is 0 Å². The highest BCUT2D eigenvalue weighted by Gasteiger charge is 2.20. The first-order valence-corrected chi connectivity index (χ1v) is 6.90. The van der Waals surface area contributed by atoms with Crippen LogP contribution in [-0.4, -0.2) is 13.2 Å². The van der Waals surface area contributed by atoms with Gasteiger partial charge in [0, 0.05) is 19.0 Å². The third-order valence-corrected chi connectivity index (χ3v) is 3.65. The minimum Gasteiger partial charge on any atom is -0.493 e. The minimum atomic E-state index is 0.564. The average Bonchev–Trinajstić information content (AvgIpc) is 2.49. The van der Waals surface area contributed by atoms with Crippen LogP contribution in [-0.2, 0) is 6.54 Å². The maximum atomic E-state index is 5.69. The normalized spacial score (nSPS) is 17.6. The van der Waals surface area contributed by atoms with Crippen molar-refractivity contribution in [2.24, 2.45) is 0 Å². The zero-order chi connectivity index (χ0) is 12.9. The van der Waals surface area contributed by atoms with E-state index in [2.05, 4.69) is 53.8 Å². The van der Waals surface area contributed by atoms with Crippen molar-refractivity contribution in [3.63, 3.8) is 0 Å². The van der Waals surface area contributed by atoms with Crippen LogP contribution in [0.15, 0.2) is 54.6 Å². The van der Waals surface area contributed by atoms with Crippen LogP contribution in [0.5, 0.6) is 5.75 Å². The van der Waals surface area contributed by atoms with Gasteiger partial charge in [0.05, 0.1) is 6.61 Å². The minimum absolute atomic E-state index is 0.564. The highest BCUT2D eigenvalue weighted by Crippen LogP contribution is 2.32. The molecule has 2 heteroatoms. The van der Waals surface area contributed by atoms with Crippen molar-refractivity contribution in [2.45, 2.75) is 18.9 Å². The predicted octanol–water partition coefficient (Wildman–Crippen LogP) is 3.34. The number of ether oxygens (including phenoxy) is 1. The van der Waals surface area contributed by atoms with Crippen LogP contribution >= 0.6 is 0 Å². The molecule has 3 rings (SSSR count). The maximum absolute atomic E-state index is 5.69. The number of rotatable bonds is 4. The van der Waals surface area contributed by atoms with E-state index in [4.69, 9.17) is 4.74 Å². The van der Waals surface area contributed by atoms with Gasteiger partial charge in [0.1, 0.15) is 5.75 Å². The third-order valence-electron chi connectivity index (χ3n) is 3.65. The number of hydrogen-bond donors (Lipinski definition) is 1. The van der Waals surface area contributed by atoms with E-state index in [1.165, 1.54) is 11.1 Å². The maximum Gasteiger partial charge on any atom is 0.122 e. The molecule has 1 atom stereocenters. The molecule has 1 N–H and O–H groups in total. The molecule has 2 aromatic rings. The van der Waals surface area contributed by atoms with Gasteiger partial charge in [0.15, 0.2) is 0 Å². The van der Waals surface area contributed by atoms with E-state index < -0.39 is 0 Å². The molecule has 1 heterocycles. The molecule has 19 heavy (non-hydrogen) atoms. The Morgan fingerprint density at radius 2 is 1.79 bits per heavy atom. The molecule has 0 radical (unpaired) electrons. The molecule has 0 unspecified atom stereocenters. The van der Waals surface area contributed by atoms with Gasteiger partial charge in [-0.1, -0.05) is 48.5 Å². The van der Waals surface area contributed by atoms with Gasteiger partial charge in [0.25, 0.3) is 0 Å². The number of para-hydroxylation sites is 1. The van der Waals surface area contributed by atoms with Crippen LogP contribution in [0.25, 0.3) is 0 Å². The number of hydrogen-bond acceptors (Lipinski definition) is 2. The highest BCUT2D eigenvalue weighted by atomic mass is 16.5. The number of nitrogens with one attached hydrogen (secondary N) is 1. The lowest BCUT2D eigenvalue weighted by molar-refractivity contribution is 0.264. The summed E-state index contributed by atoms with van der Waals surface area (Å²) in [6.07, 6.45) is 1.10. The van der Waals surface area contributed by atoms with Crippen LogP contribution in [0.4, 0.5) is 0 Å². The van der Waals surface area contributed by atoms with Crippen LogP contribution in [0.1, 0.15) is 23.5 Å². The summed E-state index contributed by atoms with van der Waals surface area (Å²) in [6, 6.07) is 18.9. The predicted molar refractivity (Wildman–Crippen MR) is 77.4 cm³/mol. The van der Waals surface area contributed by atoms with E-state index in [-0.39, 0.29) is 0 Å². The van der Waals surface area contributed by atoms with Crippen molar-refractivity contribution < 1.29 is 4.74 Å². The molecule has 0 amide bonds. The van der Waals surface area contributed by atoms with Gasteiger partial charge in [-0.25, -0.2) is 0 Å². The molecule has 2 nitrogen and oxygen atoms in total. The SMILES string of the molecule is c1ccc(CNC[C@H]2CCOc3ccccc32)cc1.